The Hall–Kier alpha value is -3.05. The summed E-state index contributed by atoms with van der Waals surface area (Å²) in [7, 11) is 1.67. The van der Waals surface area contributed by atoms with Crippen LogP contribution in [0.3, 0.4) is 0 Å². The van der Waals surface area contributed by atoms with Gasteiger partial charge < -0.3 is 19.9 Å². The summed E-state index contributed by atoms with van der Waals surface area (Å²) in [6.45, 7) is 9.31. The zero-order valence-electron chi connectivity index (χ0n) is 18.6. The molecule has 1 saturated heterocycles. The van der Waals surface area contributed by atoms with E-state index in [1.807, 2.05) is 49.4 Å². The summed E-state index contributed by atoms with van der Waals surface area (Å²) < 4.78 is 5.31. The van der Waals surface area contributed by atoms with Crippen LogP contribution in [0.5, 0.6) is 5.75 Å². The van der Waals surface area contributed by atoms with Crippen LogP contribution in [0, 0.1) is 0 Å². The Labute approximate surface area is 184 Å². The van der Waals surface area contributed by atoms with Crippen molar-refractivity contribution in [2.45, 2.75) is 19.8 Å². The highest BCUT2D eigenvalue weighted by molar-refractivity contribution is 5.99. The second kappa shape index (κ2) is 9.40. The number of methoxy groups -OCH3 is 1. The number of carbonyl (C=O) groups is 1. The molecule has 1 atom stereocenters. The van der Waals surface area contributed by atoms with Crippen molar-refractivity contribution in [3.8, 4) is 5.75 Å². The lowest BCUT2D eigenvalue weighted by atomic mass is 9.97. The van der Waals surface area contributed by atoms with Gasteiger partial charge >= 0.3 is 0 Å². The molecule has 3 aromatic carbocycles. The van der Waals surface area contributed by atoms with Gasteiger partial charge in [-0.3, -0.25) is 4.79 Å². The molecule has 162 valence electrons. The quantitative estimate of drug-likeness (QED) is 0.630. The number of nitrogens with one attached hydrogen (secondary N) is 1. The molecule has 0 spiro atoms. The van der Waals surface area contributed by atoms with Crippen LogP contribution in [0.2, 0.25) is 0 Å². The lowest BCUT2D eigenvalue weighted by Gasteiger charge is -2.36. The maximum atomic E-state index is 13.1. The van der Waals surface area contributed by atoms with Gasteiger partial charge in [-0.05, 0) is 54.1 Å². The smallest absolute Gasteiger partial charge is 0.231 e. The van der Waals surface area contributed by atoms with Gasteiger partial charge in [0.25, 0.3) is 0 Å². The Kier molecular flexibility index (Phi) is 6.42. The molecule has 0 aromatic heterocycles. The summed E-state index contributed by atoms with van der Waals surface area (Å²) in [6.07, 6.45) is 0. The minimum atomic E-state index is -0.253. The van der Waals surface area contributed by atoms with E-state index in [0.29, 0.717) is 0 Å². The Bertz CT molecular complexity index is 1060. The Morgan fingerprint density at radius 3 is 2.45 bits per heavy atom. The van der Waals surface area contributed by atoms with Gasteiger partial charge in [-0.2, -0.15) is 0 Å². The number of piperazine rings is 1. The molecule has 1 aliphatic rings. The third-order valence-corrected chi connectivity index (χ3v) is 6.29. The zero-order valence-corrected chi connectivity index (χ0v) is 18.6. The number of nitrogens with zero attached hydrogens (tertiary/aromatic N) is 2. The van der Waals surface area contributed by atoms with Crippen LogP contribution < -0.4 is 15.0 Å². The second-order valence-electron chi connectivity index (χ2n) is 8.12. The van der Waals surface area contributed by atoms with Crippen molar-refractivity contribution >= 4 is 28.1 Å². The summed E-state index contributed by atoms with van der Waals surface area (Å²) in [5, 5.41) is 5.39. The fourth-order valence-corrected chi connectivity index (χ4v) is 4.19. The molecule has 0 aliphatic carbocycles. The van der Waals surface area contributed by atoms with Gasteiger partial charge in [0.1, 0.15) is 5.75 Å². The van der Waals surface area contributed by atoms with Crippen molar-refractivity contribution in [1.82, 2.24) is 4.90 Å². The molecule has 1 amide bonds. The molecule has 1 N–H and O–H groups in total. The topological polar surface area (TPSA) is 44.8 Å². The molecule has 0 bridgehead atoms. The van der Waals surface area contributed by atoms with E-state index in [1.165, 1.54) is 0 Å². The summed E-state index contributed by atoms with van der Waals surface area (Å²) >= 11 is 0. The average molecular weight is 418 g/mol. The van der Waals surface area contributed by atoms with Crippen LogP contribution in [0.15, 0.2) is 60.7 Å². The number of benzene rings is 3. The molecule has 31 heavy (non-hydrogen) atoms. The van der Waals surface area contributed by atoms with Crippen molar-refractivity contribution in [2.75, 3.05) is 50.1 Å². The van der Waals surface area contributed by atoms with Crippen molar-refractivity contribution < 1.29 is 9.53 Å². The number of likely N-dealkylation sites (N-methyl/N-ethyl adjacent to an activating group) is 1. The van der Waals surface area contributed by atoms with Gasteiger partial charge in [-0.15, -0.1) is 0 Å². The standard InChI is InChI=1S/C26H31N3O2/c1-4-28-13-15-29(16-14-28)25-8-6-5-7-24(25)27-26(30)19(2)20-9-10-22-18-23(31-3)12-11-21(22)17-20/h5-12,17-19H,4,13-16H2,1-3H3,(H,27,30). The highest BCUT2D eigenvalue weighted by Gasteiger charge is 2.21. The van der Waals surface area contributed by atoms with E-state index >= 15 is 0 Å². The highest BCUT2D eigenvalue weighted by atomic mass is 16.5. The molecule has 4 rings (SSSR count). The Balaban J connectivity index is 1.50. The van der Waals surface area contributed by atoms with Gasteiger partial charge in [0.15, 0.2) is 0 Å². The number of rotatable bonds is 6. The monoisotopic (exact) mass is 417 g/mol. The van der Waals surface area contributed by atoms with Gasteiger partial charge in [-0.1, -0.05) is 43.3 Å². The molecule has 5 nitrogen and oxygen atoms in total. The normalized spacial score (nSPS) is 15.6. The van der Waals surface area contributed by atoms with E-state index in [4.69, 9.17) is 4.74 Å². The molecule has 3 aromatic rings. The van der Waals surface area contributed by atoms with Crippen LogP contribution in [0.4, 0.5) is 11.4 Å². The van der Waals surface area contributed by atoms with Gasteiger partial charge in [-0.25, -0.2) is 0 Å². The van der Waals surface area contributed by atoms with Crippen molar-refractivity contribution in [3.05, 3.63) is 66.2 Å². The van der Waals surface area contributed by atoms with E-state index in [1.54, 1.807) is 7.11 Å². The minimum absolute atomic E-state index is 0.00695. The van der Waals surface area contributed by atoms with E-state index in [9.17, 15) is 4.79 Å². The Morgan fingerprint density at radius 2 is 1.71 bits per heavy atom. The van der Waals surface area contributed by atoms with Crippen LogP contribution in [-0.4, -0.2) is 50.6 Å². The minimum Gasteiger partial charge on any atom is -0.497 e. The predicted octanol–water partition coefficient (Wildman–Crippen LogP) is 4.73. The number of amides is 1. The fraction of sp³-hybridized carbons (Fsp3) is 0.346. The molecule has 0 radical (unpaired) electrons. The zero-order chi connectivity index (χ0) is 21.8. The largest absolute Gasteiger partial charge is 0.497 e. The number of fused-ring (bicyclic) bond motifs is 1. The molecule has 1 fully saturated rings. The first-order valence-electron chi connectivity index (χ1n) is 11.0. The molecule has 1 aliphatic heterocycles. The van der Waals surface area contributed by atoms with Gasteiger partial charge in [0, 0.05) is 26.2 Å². The number of carbonyl (C=O) groups excluding carboxylic acids is 1. The first-order chi connectivity index (χ1) is 15.1. The first-order valence-corrected chi connectivity index (χ1v) is 11.0. The van der Waals surface area contributed by atoms with Crippen LogP contribution in [0.1, 0.15) is 25.3 Å². The van der Waals surface area contributed by atoms with Gasteiger partial charge in [0.05, 0.1) is 24.4 Å². The average Bonchev–Trinajstić information content (AvgIpc) is 2.83. The predicted molar refractivity (Wildman–Crippen MR) is 128 cm³/mol. The third kappa shape index (κ3) is 4.67. The number of ether oxygens (including phenoxy) is 1. The molecule has 5 heteroatoms. The van der Waals surface area contributed by atoms with Crippen molar-refractivity contribution in [3.63, 3.8) is 0 Å². The molecule has 1 unspecified atom stereocenters. The van der Waals surface area contributed by atoms with Crippen molar-refractivity contribution in [2.24, 2.45) is 0 Å². The van der Waals surface area contributed by atoms with Crippen molar-refractivity contribution in [1.29, 1.82) is 0 Å². The molecule has 1 heterocycles. The van der Waals surface area contributed by atoms with E-state index in [0.717, 1.165) is 66.2 Å². The van der Waals surface area contributed by atoms with E-state index < -0.39 is 0 Å². The SMILES string of the molecule is CCN1CCN(c2ccccc2NC(=O)C(C)c2ccc3cc(OC)ccc3c2)CC1. The Morgan fingerprint density at radius 1 is 1.00 bits per heavy atom. The summed E-state index contributed by atoms with van der Waals surface area (Å²) in [6, 6.07) is 20.3. The summed E-state index contributed by atoms with van der Waals surface area (Å²) in [5.41, 5.74) is 2.99. The maximum Gasteiger partial charge on any atom is 0.231 e. The molecule has 0 saturated carbocycles. The van der Waals surface area contributed by atoms with E-state index in [-0.39, 0.29) is 11.8 Å². The summed E-state index contributed by atoms with van der Waals surface area (Å²) in [4.78, 5) is 17.9. The maximum absolute atomic E-state index is 13.1. The first kappa shape index (κ1) is 21.2. The van der Waals surface area contributed by atoms with Crippen LogP contribution in [-0.2, 0) is 4.79 Å². The van der Waals surface area contributed by atoms with Crippen LogP contribution in [0.25, 0.3) is 10.8 Å². The molecular weight excluding hydrogens is 386 g/mol. The number of para-hydroxylation sites is 2. The van der Waals surface area contributed by atoms with Gasteiger partial charge in [0.2, 0.25) is 5.91 Å². The number of hydrogen-bond acceptors (Lipinski definition) is 4. The lowest BCUT2D eigenvalue weighted by molar-refractivity contribution is -0.117. The summed E-state index contributed by atoms with van der Waals surface area (Å²) in [5.74, 6) is 0.589. The fourth-order valence-electron chi connectivity index (χ4n) is 4.19. The number of hydrogen-bond donors (Lipinski definition) is 1. The van der Waals surface area contributed by atoms with E-state index in [2.05, 4.69) is 40.2 Å². The lowest BCUT2D eigenvalue weighted by Crippen LogP contribution is -2.46. The molecular formula is C26H31N3O2. The second-order valence-corrected chi connectivity index (χ2v) is 8.12. The number of anilines is 2. The third-order valence-electron chi connectivity index (χ3n) is 6.29. The highest BCUT2D eigenvalue weighted by Crippen LogP contribution is 2.29. The van der Waals surface area contributed by atoms with Crippen LogP contribution >= 0.6 is 0 Å².